The van der Waals surface area contributed by atoms with E-state index in [0.717, 1.165) is 22.9 Å². The maximum absolute atomic E-state index is 12.9. The summed E-state index contributed by atoms with van der Waals surface area (Å²) in [6.45, 7) is 1.93. The first-order valence-corrected chi connectivity index (χ1v) is 9.56. The van der Waals surface area contributed by atoms with Gasteiger partial charge in [-0.1, -0.05) is 48.5 Å². The van der Waals surface area contributed by atoms with Gasteiger partial charge in [0.1, 0.15) is 0 Å². The fourth-order valence-electron chi connectivity index (χ4n) is 3.35. The average Bonchev–Trinajstić information content (AvgIpc) is 3.06. The van der Waals surface area contributed by atoms with Gasteiger partial charge in [-0.05, 0) is 36.1 Å². The maximum Gasteiger partial charge on any atom is 0.416 e. The van der Waals surface area contributed by atoms with Crippen molar-refractivity contribution in [3.8, 4) is 0 Å². The molecule has 0 atom stereocenters. The van der Waals surface area contributed by atoms with Gasteiger partial charge in [-0.3, -0.25) is 10.00 Å². The Morgan fingerprint density at radius 1 is 0.968 bits per heavy atom. The Balaban J connectivity index is 1.47. The monoisotopic (exact) mass is 424 g/mol. The fourth-order valence-corrected chi connectivity index (χ4v) is 3.35. The van der Waals surface area contributed by atoms with Crippen LogP contribution in [0.4, 0.5) is 29.5 Å². The van der Waals surface area contributed by atoms with Crippen molar-refractivity contribution in [3.63, 3.8) is 0 Å². The molecule has 0 saturated carbocycles. The molecule has 1 aromatic heterocycles. The summed E-state index contributed by atoms with van der Waals surface area (Å²) in [7, 11) is 0. The van der Waals surface area contributed by atoms with Gasteiger partial charge in [0.2, 0.25) is 0 Å². The lowest BCUT2D eigenvalue weighted by molar-refractivity contribution is -0.137. The molecule has 2 amide bonds. The number of benzene rings is 3. The van der Waals surface area contributed by atoms with Crippen molar-refractivity contribution in [2.75, 3.05) is 10.6 Å². The Morgan fingerprint density at radius 2 is 1.71 bits per heavy atom. The topological polar surface area (TPSA) is 59.0 Å². The van der Waals surface area contributed by atoms with Gasteiger partial charge in [0.05, 0.1) is 17.8 Å². The van der Waals surface area contributed by atoms with Crippen LogP contribution in [0.5, 0.6) is 0 Å². The third-order valence-electron chi connectivity index (χ3n) is 4.85. The number of rotatable bonds is 4. The van der Waals surface area contributed by atoms with Crippen molar-refractivity contribution in [2.45, 2.75) is 19.6 Å². The number of halogens is 3. The summed E-state index contributed by atoms with van der Waals surface area (Å²) in [5.74, 6) is 0.308. The van der Waals surface area contributed by atoms with E-state index < -0.39 is 17.8 Å². The lowest BCUT2D eigenvalue weighted by atomic mass is 10.1. The third kappa shape index (κ3) is 4.69. The molecule has 0 aliphatic rings. The van der Waals surface area contributed by atoms with E-state index in [2.05, 4.69) is 15.7 Å². The zero-order chi connectivity index (χ0) is 22.0. The second kappa shape index (κ2) is 8.14. The SMILES string of the molecule is Cc1cc(NC(=O)Nc2cccc3ccccc23)nn1Cc1cccc(C(F)(F)F)c1. The molecular weight excluding hydrogens is 405 g/mol. The Labute approximate surface area is 176 Å². The van der Waals surface area contributed by atoms with Crippen LogP contribution in [0, 0.1) is 6.92 Å². The summed E-state index contributed by atoms with van der Waals surface area (Å²) >= 11 is 0. The summed E-state index contributed by atoms with van der Waals surface area (Å²) in [6.07, 6.45) is -4.40. The minimum atomic E-state index is -4.40. The van der Waals surface area contributed by atoms with Gasteiger partial charge in [0, 0.05) is 17.1 Å². The molecule has 4 rings (SSSR count). The van der Waals surface area contributed by atoms with Gasteiger partial charge in [0.15, 0.2) is 5.82 Å². The largest absolute Gasteiger partial charge is 0.416 e. The first kappa shape index (κ1) is 20.5. The van der Waals surface area contributed by atoms with Gasteiger partial charge in [-0.2, -0.15) is 18.3 Å². The van der Waals surface area contributed by atoms with E-state index in [1.54, 1.807) is 29.8 Å². The van der Waals surface area contributed by atoms with Crippen molar-refractivity contribution in [1.29, 1.82) is 0 Å². The van der Waals surface area contributed by atoms with Crippen LogP contribution in [0.2, 0.25) is 0 Å². The van der Waals surface area contributed by atoms with Crippen LogP contribution in [0.15, 0.2) is 72.8 Å². The molecule has 1 heterocycles. The first-order chi connectivity index (χ1) is 14.8. The number of hydrogen-bond donors (Lipinski definition) is 2. The lowest BCUT2D eigenvalue weighted by Crippen LogP contribution is -2.20. The number of carbonyl (C=O) groups is 1. The molecule has 4 aromatic rings. The van der Waals surface area contributed by atoms with E-state index in [4.69, 9.17) is 0 Å². The molecule has 158 valence electrons. The van der Waals surface area contributed by atoms with Crippen molar-refractivity contribution < 1.29 is 18.0 Å². The molecule has 8 heteroatoms. The summed E-state index contributed by atoms with van der Waals surface area (Å²) in [5, 5.41) is 11.7. The van der Waals surface area contributed by atoms with E-state index in [0.29, 0.717) is 22.8 Å². The molecule has 0 aliphatic carbocycles. The van der Waals surface area contributed by atoms with Gasteiger partial charge in [-0.25, -0.2) is 4.79 Å². The number of nitrogens with zero attached hydrogens (tertiary/aromatic N) is 2. The van der Waals surface area contributed by atoms with Gasteiger partial charge >= 0.3 is 12.2 Å². The summed E-state index contributed by atoms with van der Waals surface area (Å²) in [4.78, 5) is 12.5. The van der Waals surface area contributed by atoms with E-state index in [9.17, 15) is 18.0 Å². The number of anilines is 2. The molecule has 0 radical (unpaired) electrons. The predicted molar refractivity (Wildman–Crippen MR) is 114 cm³/mol. The van der Waals surface area contributed by atoms with Gasteiger partial charge in [0.25, 0.3) is 0 Å². The molecule has 0 fully saturated rings. The Morgan fingerprint density at radius 3 is 2.52 bits per heavy atom. The number of aryl methyl sites for hydroxylation is 1. The highest BCUT2D eigenvalue weighted by Gasteiger charge is 2.30. The van der Waals surface area contributed by atoms with E-state index >= 15 is 0 Å². The predicted octanol–water partition coefficient (Wildman–Crippen LogP) is 6.06. The molecule has 2 N–H and O–H groups in total. The molecule has 5 nitrogen and oxygen atoms in total. The standard InChI is InChI=1S/C23H19F3N4O/c1-15-12-21(29-30(15)14-16-6-4-9-18(13-16)23(24,25)26)28-22(31)27-20-11-5-8-17-7-2-3-10-19(17)20/h2-13H,14H2,1H3,(H2,27,28,29,31). The molecule has 31 heavy (non-hydrogen) atoms. The van der Waals surface area contributed by atoms with Crippen LogP contribution < -0.4 is 10.6 Å². The maximum atomic E-state index is 12.9. The third-order valence-corrected chi connectivity index (χ3v) is 4.85. The quantitative estimate of drug-likeness (QED) is 0.419. The molecular formula is C23H19F3N4O. The summed E-state index contributed by atoms with van der Waals surface area (Å²) in [5.41, 5.74) is 1.13. The molecule has 0 bridgehead atoms. The van der Waals surface area contributed by atoms with Crippen LogP contribution in [0.25, 0.3) is 10.8 Å². The molecule has 0 saturated heterocycles. The molecule has 0 spiro atoms. The molecule has 0 aliphatic heterocycles. The van der Waals surface area contributed by atoms with Crippen LogP contribution >= 0.6 is 0 Å². The molecule has 3 aromatic carbocycles. The van der Waals surface area contributed by atoms with Crippen LogP contribution in [0.3, 0.4) is 0 Å². The first-order valence-electron chi connectivity index (χ1n) is 9.56. The minimum absolute atomic E-state index is 0.155. The zero-order valence-electron chi connectivity index (χ0n) is 16.6. The van der Waals surface area contributed by atoms with E-state index in [1.165, 1.54) is 6.07 Å². The summed E-state index contributed by atoms with van der Waals surface area (Å²) < 4.78 is 40.3. The lowest BCUT2D eigenvalue weighted by Gasteiger charge is -2.10. The Kier molecular flexibility index (Phi) is 5.37. The number of fused-ring (bicyclic) bond motifs is 1. The van der Waals surface area contributed by atoms with Gasteiger partial charge in [-0.15, -0.1) is 0 Å². The van der Waals surface area contributed by atoms with Crippen LogP contribution in [-0.4, -0.2) is 15.8 Å². The second-order valence-corrected chi connectivity index (χ2v) is 7.13. The van der Waals surface area contributed by atoms with Crippen LogP contribution in [-0.2, 0) is 12.7 Å². The number of nitrogens with one attached hydrogen (secondary N) is 2. The van der Waals surface area contributed by atoms with Gasteiger partial charge < -0.3 is 5.32 Å². The fraction of sp³-hybridized carbons (Fsp3) is 0.130. The highest BCUT2D eigenvalue weighted by molar-refractivity contribution is 6.05. The smallest absolute Gasteiger partial charge is 0.307 e. The zero-order valence-corrected chi connectivity index (χ0v) is 16.6. The van der Waals surface area contributed by atoms with Crippen molar-refractivity contribution in [1.82, 2.24) is 9.78 Å². The number of aromatic nitrogens is 2. The normalized spacial score (nSPS) is 11.5. The molecule has 0 unspecified atom stereocenters. The number of amides is 2. The van der Waals surface area contributed by atoms with E-state index in [-0.39, 0.29) is 6.54 Å². The number of carbonyl (C=O) groups excluding carboxylic acids is 1. The Bertz CT molecular complexity index is 1240. The Hall–Kier alpha value is -3.81. The average molecular weight is 424 g/mol. The summed E-state index contributed by atoms with van der Waals surface area (Å²) in [6, 6.07) is 19.6. The van der Waals surface area contributed by atoms with Crippen molar-refractivity contribution >= 4 is 28.3 Å². The van der Waals surface area contributed by atoms with Crippen molar-refractivity contribution in [2.24, 2.45) is 0 Å². The number of hydrogen-bond acceptors (Lipinski definition) is 2. The van der Waals surface area contributed by atoms with Crippen molar-refractivity contribution in [3.05, 3.63) is 89.6 Å². The highest BCUT2D eigenvalue weighted by Crippen LogP contribution is 2.30. The van der Waals surface area contributed by atoms with Crippen LogP contribution in [0.1, 0.15) is 16.8 Å². The highest BCUT2D eigenvalue weighted by atomic mass is 19.4. The number of urea groups is 1. The minimum Gasteiger partial charge on any atom is -0.307 e. The van der Waals surface area contributed by atoms with E-state index in [1.807, 2.05) is 36.4 Å². The second-order valence-electron chi connectivity index (χ2n) is 7.13. The number of alkyl halides is 3.